The molecule has 3 aromatic rings. The Morgan fingerprint density at radius 3 is 1.76 bits per heavy atom. The summed E-state index contributed by atoms with van der Waals surface area (Å²) in [6, 6.07) is 24.1. The van der Waals surface area contributed by atoms with Gasteiger partial charge in [-0.15, -0.1) is 0 Å². The van der Waals surface area contributed by atoms with Gasteiger partial charge in [-0.2, -0.15) is 0 Å². The Kier molecular flexibility index (Phi) is 6.19. The van der Waals surface area contributed by atoms with Crippen molar-refractivity contribution < 1.29 is 13.8 Å². The first kappa shape index (κ1) is 21.2. The molecule has 0 aliphatic rings. The summed E-state index contributed by atoms with van der Waals surface area (Å²) in [5.74, 6) is 1.48. The monoisotopic (exact) mass is 408 g/mol. The number of hydrogen-bond donors (Lipinski definition) is 0. The van der Waals surface area contributed by atoms with Gasteiger partial charge in [0.2, 0.25) is 7.37 Å². The smallest absolute Gasteiger partial charge is 0.249 e. The van der Waals surface area contributed by atoms with Crippen LogP contribution in [-0.2, 0) is 16.1 Å². The number of benzene rings is 3. The first-order valence-corrected chi connectivity index (χ1v) is 12.0. The summed E-state index contributed by atoms with van der Waals surface area (Å²) in [4.78, 5) is 0. The van der Waals surface area contributed by atoms with Crippen molar-refractivity contribution in [3.05, 3.63) is 95.1 Å². The molecule has 1 unspecified atom stereocenters. The van der Waals surface area contributed by atoms with Crippen LogP contribution in [0.3, 0.4) is 0 Å². The molecule has 1 atom stereocenters. The van der Waals surface area contributed by atoms with Gasteiger partial charge in [0.1, 0.15) is 11.5 Å². The minimum Gasteiger partial charge on any atom is -0.497 e. The number of ether oxygens (including phenoxy) is 1. The summed E-state index contributed by atoms with van der Waals surface area (Å²) in [7, 11) is -1.12. The predicted molar refractivity (Wildman–Crippen MR) is 121 cm³/mol. The Balaban J connectivity index is 1.73. The molecule has 0 aliphatic carbocycles. The van der Waals surface area contributed by atoms with E-state index in [4.69, 9.17) is 9.26 Å². The highest BCUT2D eigenvalue weighted by atomic mass is 31.2. The molecule has 4 heteroatoms. The fourth-order valence-corrected chi connectivity index (χ4v) is 4.89. The molecule has 0 saturated heterocycles. The second-order valence-electron chi connectivity index (χ2n) is 8.13. The standard InChI is InChI=1S/C25H29O3P/c1-19-6-8-20(9-7-19)18-29(5,26)28-24-16-12-22(13-17-24)25(2,3)21-10-14-23(27-4)15-11-21/h6-17H,18H2,1-5H3. The molecule has 0 radical (unpaired) electrons. The van der Waals surface area contributed by atoms with Crippen LogP contribution in [-0.4, -0.2) is 13.8 Å². The first-order chi connectivity index (χ1) is 13.7. The molecule has 3 rings (SSSR count). The van der Waals surface area contributed by atoms with Crippen molar-refractivity contribution in [2.24, 2.45) is 0 Å². The van der Waals surface area contributed by atoms with E-state index in [0.29, 0.717) is 11.9 Å². The Hall–Kier alpha value is -2.51. The van der Waals surface area contributed by atoms with Gasteiger partial charge in [-0.3, -0.25) is 4.57 Å². The van der Waals surface area contributed by atoms with E-state index in [1.807, 2.05) is 67.6 Å². The third-order valence-electron chi connectivity index (χ3n) is 5.28. The van der Waals surface area contributed by atoms with E-state index in [9.17, 15) is 4.57 Å². The van der Waals surface area contributed by atoms with Crippen LogP contribution < -0.4 is 9.26 Å². The number of aryl methyl sites for hydroxylation is 1. The lowest BCUT2D eigenvalue weighted by Gasteiger charge is -2.26. The van der Waals surface area contributed by atoms with E-state index in [-0.39, 0.29) is 5.41 Å². The highest BCUT2D eigenvalue weighted by molar-refractivity contribution is 7.57. The maximum absolute atomic E-state index is 13.0. The van der Waals surface area contributed by atoms with Crippen molar-refractivity contribution in [1.82, 2.24) is 0 Å². The second-order valence-corrected chi connectivity index (χ2v) is 10.7. The third-order valence-corrected chi connectivity index (χ3v) is 6.81. The minimum atomic E-state index is -2.79. The predicted octanol–water partition coefficient (Wildman–Crippen LogP) is 6.82. The van der Waals surface area contributed by atoms with E-state index >= 15 is 0 Å². The lowest BCUT2D eigenvalue weighted by Crippen LogP contribution is -2.18. The SMILES string of the molecule is COc1ccc(C(C)(C)c2ccc(OP(C)(=O)Cc3ccc(C)cc3)cc2)cc1. The molecule has 152 valence electrons. The van der Waals surface area contributed by atoms with Crippen LogP contribution in [0.4, 0.5) is 0 Å². The number of rotatable bonds is 7. The fourth-order valence-electron chi connectivity index (χ4n) is 3.39. The van der Waals surface area contributed by atoms with E-state index in [2.05, 4.69) is 26.0 Å². The van der Waals surface area contributed by atoms with E-state index in [1.54, 1.807) is 13.8 Å². The van der Waals surface area contributed by atoms with E-state index in [0.717, 1.165) is 11.3 Å². The van der Waals surface area contributed by atoms with Crippen LogP contribution >= 0.6 is 7.37 Å². The molecular formula is C25H29O3P. The normalized spacial score (nSPS) is 13.6. The molecule has 0 amide bonds. The first-order valence-electron chi connectivity index (χ1n) is 9.76. The summed E-state index contributed by atoms with van der Waals surface area (Å²) < 4.78 is 24.1. The zero-order valence-corrected chi connectivity index (χ0v) is 18.7. The Morgan fingerprint density at radius 2 is 1.28 bits per heavy atom. The van der Waals surface area contributed by atoms with Crippen LogP contribution in [0.15, 0.2) is 72.8 Å². The molecule has 0 aromatic heterocycles. The van der Waals surface area contributed by atoms with Crippen LogP contribution in [0.25, 0.3) is 0 Å². The average molecular weight is 408 g/mol. The van der Waals surface area contributed by atoms with Gasteiger partial charge in [-0.25, -0.2) is 0 Å². The molecule has 0 saturated carbocycles. The summed E-state index contributed by atoms with van der Waals surface area (Å²) in [6.07, 6.45) is 0.423. The minimum absolute atomic E-state index is 0.164. The molecule has 3 aromatic carbocycles. The number of methoxy groups -OCH3 is 1. The van der Waals surface area contributed by atoms with Gasteiger partial charge in [-0.05, 0) is 47.9 Å². The molecule has 0 fully saturated rings. The lowest BCUT2D eigenvalue weighted by molar-refractivity contribution is 0.414. The van der Waals surface area contributed by atoms with Crippen LogP contribution in [0.2, 0.25) is 0 Å². The van der Waals surface area contributed by atoms with Crippen molar-refractivity contribution >= 4 is 7.37 Å². The fraction of sp³-hybridized carbons (Fsp3) is 0.280. The van der Waals surface area contributed by atoms with Crippen LogP contribution in [0, 0.1) is 6.92 Å². The average Bonchev–Trinajstić information content (AvgIpc) is 2.69. The highest BCUT2D eigenvalue weighted by Gasteiger charge is 2.24. The zero-order valence-electron chi connectivity index (χ0n) is 17.8. The van der Waals surface area contributed by atoms with Crippen molar-refractivity contribution in [2.75, 3.05) is 13.8 Å². The molecule has 0 bridgehead atoms. The Bertz CT molecular complexity index is 988. The molecule has 0 heterocycles. The summed E-state index contributed by atoms with van der Waals surface area (Å²) in [6.45, 7) is 8.11. The Labute approximate surface area is 174 Å². The maximum Gasteiger partial charge on any atom is 0.249 e. The highest BCUT2D eigenvalue weighted by Crippen LogP contribution is 2.47. The number of hydrogen-bond acceptors (Lipinski definition) is 3. The molecule has 0 spiro atoms. The van der Waals surface area contributed by atoms with Crippen molar-refractivity contribution in [1.29, 1.82) is 0 Å². The van der Waals surface area contributed by atoms with E-state index < -0.39 is 7.37 Å². The largest absolute Gasteiger partial charge is 0.497 e. The van der Waals surface area contributed by atoms with Crippen LogP contribution in [0.5, 0.6) is 11.5 Å². The van der Waals surface area contributed by atoms with Crippen molar-refractivity contribution in [3.63, 3.8) is 0 Å². The van der Waals surface area contributed by atoms with Gasteiger partial charge in [0, 0.05) is 12.1 Å². The topological polar surface area (TPSA) is 35.5 Å². The van der Waals surface area contributed by atoms with Gasteiger partial charge in [0.25, 0.3) is 0 Å². The van der Waals surface area contributed by atoms with Gasteiger partial charge in [0.05, 0.1) is 13.3 Å². The van der Waals surface area contributed by atoms with E-state index in [1.165, 1.54) is 16.7 Å². The summed E-state index contributed by atoms with van der Waals surface area (Å²) in [5.41, 5.74) is 4.42. The van der Waals surface area contributed by atoms with Gasteiger partial charge < -0.3 is 9.26 Å². The van der Waals surface area contributed by atoms with Crippen molar-refractivity contribution in [2.45, 2.75) is 32.3 Å². The molecule has 3 nitrogen and oxygen atoms in total. The van der Waals surface area contributed by atoms with Gasteiger partial charge >= 0.3 is 0 Å². The quantitative estimate of drug-likeness (QED) is 0.403. The van der Waals surface area contributed by atoms with Gasteiger partial charge in [0.15, 0.2) is 0 Å². The van der Waals surface area contributed by atoms with Crippen molar-refractivity contribution in [3.8, 4) is 11.5 Å². The maximum atomic E-state index is 13.0. The molecule has 0 aliphatic heterocycles. The molecule has 29 heavy (non-hydrogen) atoms. The molecular weight excluding hydrogens is 379 g/mol. The summed E-state index contributed by atoms with van der Waals surface area (Å²) in [5, 5.41) is 0. The third kappa shape index (κ3) is 5.31. The van der Waals surface area contributed by atoms with Gasteiger partial charge in [-0.1, -0.05) is 67.9 Å². The van der Waals surface area contributed by atoms with Crippen LogP contribution in [0.1, 0.15) is 36.1 Å². The summed E-state index contributed by atoms with van der Waals surface area (Å²) >= 11 is 0. The molecule has 0 N–H and O–H groups in total. The second kappa shape index (κ2) is 8.47. The zero-order chi connectivity index (χ0) is 21.1. The Morgan fingerprint density at radius 1 is 0.793 bits per heavy atom. The lowest BCUT2D eigenvalue weighted by atomic mass is 9.78.